The lowest BCUT2D eigenvalue weighted by Gasteiger charge is -2.22. The third-order valence-electron chi connectivity index (χ3n) is 3.87. The monoisotopic (exact) mass is 261 g/mol. The highest BCUT2D eigenvalue weighted by molar-refractivity contribution is 7.92. The Morgan fingerprint density at radius 3 is 2.24 bits per heavy atom. The minimum atomic E-state index is -2.86. The summed E-state index contributed by atoms with van der Waals surface area (Å²) in [4.78, 5) is 0. The molecule has 1 rings (SSSR count). The maximum absolute atomic E-state index is 12.1. The van der Waals surface area contributed by atoms with Gasteiger partial charge in [-0.2, -0.15) is 0 Å². The van der Waals surface area contributed by atoms with Gasteiger partial charge in [0.15, 0.2) is 9.84 Å². The van der Waals surface area contributed by atoms with Crippen LogP contribution in [-0.4, -0.2) is 32.0 Å². The van der Waals surface area contributed by atoms with E-state index >= 15 is 0 Å². The summed E-state index contributed by atoms with van der Waals surface area (Å²) in [6, 6.07) is 0.469. The predicted molar refractivity (Wildman–Crippen MR) is 73.0 cm³/mol. The summed E-state index contributed by atoms with van der Waals surface area (Å²) in [6.45, 7) is 4.89. The highest BCUT2D eigenvalue weighted by Gasteiger charge is 2.26. The van der Waals surface area contributed by atoms with Gasteiger partial charge < -0.3 is 5.32 Å². The van der Waals surface area contributed by atoms with Crippen LogP contribution >= 0.6 is 0 Å². The molecule has 4 heteroatoms. The Bertz CT molecular complexity index is 291. The molecule has 0 atom stereocenters. The highest BCUT2D eigenvalue weighted by atomic mass is 32.2. The molecule has 1 fully saturated rings. The van der Waals surface area contributed by atoms with Crippen molar-refractivity contribution < 1.29 is 8.42 Å². The second kappa shape index (κ2) is 7.37. The zero-order valence-electron chi connectivity index (χ0n) is 11.2. The normalized spacial score (nSPS) is 18.8. The Balaban J connectivity index is 2.33. The molecule has 102 valence electrons. The molecular formula is C13H27NO2S. The first-order valence-corrected chi connectivity index (χ1v) is 8.76. The largest absolute Gasteiger partial charge is 0.313 e. The molecule has 0 aliphatic heterocycles. The third-order valence-corrected chi connectivity index (χ3v) is 6.13. The van der Waals surface area contributed by atoms with E-state index in [9.17, 15) is 8.42 Å². The molecule has 1 saturated carbocycles. The van der Waals surface area contributed by atoms with E-state index < -0.39 is 9.84 Å². The maximum atomic E-state index is 12.1. The zero-order valence-corrected chi connectivity index (χ0v) is 12.1. The lowest BCUT2D eigenvalue weighted by Crippen LogP contribution is -2.35. The highest BCUT2D eigenvalue weighted by Crippen LogP contribution is 2.23. The second-order valence-corrected chi connectivity index (χ2v) is 7.50. The Kier molecular flexibility index (Phi) is 6.49. The molecule has 0 aromatic rings. The first-order chi connectivity index (χ1) is 8.10. The summed E-state index contributed by atoms with van der Waals surface area (Å²) in [5, 5.41) is 3.28. The Labute approximate surface area is 106 Å². The van der Waals surface area contributed by atoms with E-state index in [1.165, 1.54) is 6.42 Å². The molecule has 1 aliphatic rings. The number of rotatable bonds is 7. The average molecular weight is 261 g/mol. The molecule has 0 bridgehead atoms. The van der Waals surface area contributed by atoms with Gasteiger partial charge in [0.25, 0.3) is 0 Å². The number of sulfone groups is 1. The van der Waals surface area contributed by atoms with Gasteiger partial charge in [0, 0.05) is 12.6 Å². The molecule has 0 aromatic heterocycles. The smallest absolute Gasteiger partial charge is 0.154 e. The second-order valence-electron chi connectivity index (χ2n) is 5.09. The SMILES string of the molecule is CCC(CC)NCCS(=O)(=O)C1CCCCC1. The molecule has 0 aromatic carbocycles. The number of nitrogens with one attached hydrogen (secondary N) is 1. The van der Waals surface area contributed by atoms with Crippen LogP contribution < -0.4 is 5.32 Å². The van der Waals surface area contributed by atoms with Crippen molar-refractivity contribution in [3.63, 3.8) is 0 Å². The van der Waals surface area contributed by atoms with Gasteiger partial charge in [-0.3, -0.25) is 0 Å². The number of hydrogen-bond donors (Lipinski definition) is 1. The fraction of sp³-hybridized carbons (Fsp3) is 1.00. The standard InChI is InChI=1S/C13H27NO2S/c1-3-12(4-2)14-10-11-17(15,16)13-8-6-5-7-9-13/h12-14H,3-11H2,1-2H3. The van der Waals surface area contributed by atoms with E-state index in [2.05, 4.69) is 19.2 Å². The van der Waals surface area contributed by atoms with Crippen molar-refractivity contribution in [2.75, 3.05) is 12.3 Å². The van der Waals surface area contributed by atoms with Crippen molar-refractivity contribution in [2.45, 2.75) is 70.1 Å². The van der Waals surface area contributed by atoms with Crippen LogP contribution in [0.4, 0.5) is 0 Å². The average Bonchev–Trinajstić information content (AvgIpc) is 2.36. The lowest BCUT2D eigenvalue weighted by atomic mass is 10.0. The molecule has 0 unspecified atom stereocenters. The molecule has 0 radical (unpaired) electrons. The summed E-state index contributed by atoms with van der Waals surface area (Å²) in [5.41, 5.74) is 0. The van der Waals surface area contributed by atoms with Crippen LogP contribution in [0, 0.1) is 0 Å². The fourth-order valence-electron chi connectivity index (χ4n) is 2.57. The first-order valence-electron chi connectivity index (χ1n) is 7.05. The van der Waals surface area contributed by atoms with E-state index in [0.717, 1.165) is 38.5 Å². The van der Waals surface area contributed by atoms with Crippen molar-refractivity contribution in [1.82, 2.24) is 5.32 Å². The van der Waals surface area contributed by atoms with Crippen molar-refractivity contribution in [2.24, 2.45) is 0 Å². The molecular weight excluding hydrogens is 234 g/mol. The molecule has 17 heavy (non-hydrogen) atoms. The summed E-state index contributed by atoms with van der Waals surface area (Å²) >= 11 is 0. The Morgan fingerprint density at radius 2 is 1.71 bits per heavy atom. The van der Waals surface area contributed by atoms with E-state index in [4.69, 9.17) is 0 Å². The van der Waals surface area contributed by atoms with Crippen LogP contribution in [0.25, 0.3) is 0 Å². The maximum Gasteiger partial charge on any atom is 0.154 e. The van der Waals surface area contributed by atoms with Gasteiger partial charge in [0.1, 0.15) is 0 Å². The van der Waals surface area contributed by atoms with Gasteiger partial charge in [-0.25, -0.2) is 8.42 Å². The molecule has 3 nitrogen and oxygen atoms in total. The first kappa shape index (κ1) is 15.0. The van der Waals surface area contributed by atoms with Crippen molar-refractivity contribution in [1.29, 1.82) is 0 Å². The van der Waals surface area contributed by atoms with Crippen LogP contribution in [0.3, 0.4) is 0 Å². The van der Waals surface area contributed by atoms with Gasteiger partial charge in [0.05, 0.1) is 11.0 Å². The molecule has 0 amide bonds. The molecule has 1 aliphatic carbocycles. The van der Waals surface area contributed by atoms with Crippen molar-refractivity contribution in [3.05, 3.63) is 0 Å². The van der Waals surface area contributed by atoms with E-state index in [1.807, 2.05) is 0 Å². The van der Waals surface area contributed by atoms with Crippen LogP contribution in [0.2, 0.25) is 0 Å². The van der Waals surface area contributed by atoms with Gasteiger partial charge in [-0.1, -0.05) is 33.1 Å². The fourth-order valence-corrected chi connectivity index (χ4v) is 4.36. The molecule has 0 saturated heterocycles. The third kappa shape index (κ3) is 4.96. The Morgan fingerprint density at radius 1 is 1.12 bits per heavy atom. The van der Waals surface area contributed by atoms with E-state index in [0.29, 0.717) is 18.3 Å². The quantitative estimate of drug-likeness (QED) is 0.766. The summed E-state index contributed by atoms with van der Waals surface area (Å²) < 4.78 is 24.2. The van der Waals surface area contributed by atoms with Gasteiger partial charge in [0.2, 0.25) is 0 Å². The Hall–Kier alpha value is -0.0900. The van der Waals surface area contributed by atoms with E-state index in [1.54, 1.807) is 0 Å². The van der Waals surface area contributed by atoms with Gasteiger partial charge >= 0.3 is 0 Å². The molecule has 0 spiro atoms. The lowest BCUT2D eigenvalue weighted by molar-refractivity contribution is 0.475. The van der Waals surface area contributed by atoms with Gasteiger partial charge in [-0.05, 0) is 25.7 Å². The van der Waals surface area contributed by atoms with Crippen molar-refractivity contribution in [3.8, 4) is 0 Å². The summed E-state index contributed by atoms with van der Waals surface area (Å²) in [6.07, 6.45) is 7.28. The van der Waals surface area contributed by atoms with Crippen molar-refractivity contribution >= 4 is 9.84 Å². The molecule has 1 N–H and O–H groups in total. The summed E-state index contributed by atoms with van der Waals surface area (Å²) in [7, 11) is -2.86. The zero-order chi connectivity index (χ0) is 12.7. The minimum absolute atomic E-state index is 0.0558. The minimum Gasteiger partial charge on any atom is -0.313 e. The van der Waals surface area contributed by atoms with Crippen LogP contribution in [0.1, 0.15) is 58.8 Å². The van der Waals surface area contributed by atoms with E-state index in [-0.39, 0.29) is 5.25 Å². The van der Waals surface area contributed by atoms with Crippen LogP contribution in [0.15, 0.2) is 0 Å². The summed E-state index contributed by atoms with van der Waals surface area (Å²) in [5.74, 6) is 0.314. The molecule has 0 heterocycles. The number of hydrogen-bond acceptors (Lipinski definition) is 3. The topological polar surface area (TPSA) is 46.2 Å². The predicted octanol–water partition coefficient (Wildman–Crippen LogP) is 2.51. The van der Waals surface area contributed by atoms with Crippen LogP contribution in [0.5, 0.6) is 0 Å². The van der Waals surface area contributed by atoms with Gasteiger partial charge in [-0.15, -0.1) is 0 Å². The van der Waals surface area contributed by atoms with Crippen LogP contribution in [-0.2, 0) is 9.84 Å².